The van der Waals surface area contributed by atoms with Gasteiger partial charge >= 0.3 is 0 Å². The Morgan fingerprint density at radius 3 is 2.60 bits per heavy atom. The molecule has 182 valence electrons. The van der Waals surface area contributed by atoms with Crippen LogP contribution in [0.2, 0.25) is 0 Å². The summed E-state index contributed by atoms with van der Waals surface area (Å²) in [6.07, 6.45) is 5.82. The van der Waals surface area contributed by atoms with Gasteiger partial charge in [0, 0.05) is 18.3 Å². The Balaban J connectivity index is 1.26. The third kappa shape index (κ3) is 4.25. The van der Waals surface area contributed by atoms with Gasteiger partial charge in [0.05, 0.1) is 23.9 Å². The van der Waals surface area contributed by atoms with Crippen LogP contribution in [-0.4, -0.2) is 34.3 Å². The van der Waals surface area contributed by atoms with Crippen molar-refractivity contribution in [2.24, 2.45) is 11.8 Å². The second-order valence-corrected chi connectivity index (χ2v) is 9.98. The van der Waals surface area contributed by atoms with Gasteiger partial charge in [-0.3, -0.25) is 9.59 Å². The van der Waals surface area contributed by atoms with Gasteiger partial charge in [-0.15, -0.1) is 0 Å². The lowest BCUT2D eigenvalue weighted by molar-refractivity contribution is -0.139. The maximum atomic E-state index is 14.8. The largest absolute Gasteiger partial charge is 0.342 e. The van der Waals surface area contributed by atoms with Gasteiger partial charge in [0.25, 0.3) is 0 Å². The highest BCUT2D eigenvalue weighted by Crippen LogP contribution is 2.45. The van der Waals surface area contributed by atoms with Gasteiger partial charge in [0.2, 0.25) is 17.8 Å². The smallest absolute Gasteiger partial charge is 0.243 e. The monoisotopic (exact) mass is 476 g/mol. The number of fused-ring (bicyclic) bond motifs is 1. The van der Waals surface area contributed by atoms with E-state index < -0.39 is 18.0 Å². The van der Waals surface area contributed by atoms with Crippen molar-refractivity contribution in [2.75, 3.05) is 6.54 Å². The molecule has 0 radical (unpaired) electrons. The average Bonchev–Trinajstić information content (AvgIpc) is 3.49. The number of rotatable bonds is 7. The number of amides is 2. The van der Waals surface area contributed by atoms with Crippen LogP contribution in [0.25, 0.3) is 0 Å². The summed E-state index contributed by atoms with van der Waals surface area (Å²) in [6.45, 7) is 0.592. The van der Waals surface area contributed by atoms with E-state index in [1.807, 2.05) is 36.4 Å². The van der Waals surface area contributed by atoms with Crippen LogP contribution < -0.4 is 21.7 Å². The van der Waals surface area contributed by atoms with Crippen molar-refractivity contribution in [3.63, 3.8) is 0 Å². The number of carbonyl (C=O) groups excluding carboxylic acids is 2. The Morgan fingerprint density at radius 2 is 1.94 bits per heavy atom. The van der Waals surface area contributed by atoms with Crippen molar-refractivity contribution < 1.29 is 14.0 Å². The first-order chi connectivity index (χ1) is 17.1. The van der Waals surface area contributed by atoms with E-state index in [9.17, 15) is 14.0 Å². The number of hydrogen-bond donors (Lipinski definition) is 4. The zero-order valence-electron chi connectivity index (χ0n) is 19.3. The Hall–Kier alpha value is -3.46. The van der Waals surface area contributed by atoms with Gasteiger partial charge in [0.15, 0.2) is 0 Å². The molecule has 0 unspecified atom stereocenters. The number of pyridine rings is 1. The van der Waals surface area contributed by atoms with Crippen LogP contribution in [0.3, 0.4) is 0 Å². The zero-order valence-corrected chi connectivity index (χ0v) is 19.3. The summed E-state index contributed by atoms with van der Waals surface area (Å²) in [5.41, 5.74) is 11.1. The fourth-order valence-electron chi connectivity index (χ4n) is 5.58. The van der Waals surface area contributed by atoms with E-state index in [0.717, 1.165) is 36.9 Å². The summed E-state index contributed by atoms with van der Waals surface area (Å²) in [6, 6.07) is 12.0. The van der Waals surface area contributed by atoms with Crippen molar-refractivity contribution in [1.29, 1.82) is 0 Å². The van der Waals surface area contributed by atoms with Gasteiger partial charge in [-0.1, -0.05) is 36.4 Å². The number of halogens is 1. The van der Waals surface area contributed by atoms with E-state index in [1.54, 1.807) is 17.2 Å². The first-order valence-corrected chi connectivity index (χ1v) is 12.3. The van der Waals surface area contributed by atoms with Crippen molar-refractivity contribution in [3.05, 3.63) is 77.1 Å². The average molecular weight is 477 g/mol. The second-order valence-electron chi connectivity index (χ2n) is 9.98. The minimum Gasteiger partial charge on any atom is -0.342 e. The lowest BCUT2D eigenvalue weighted by Crippen LogP contribution is -2.50. The first-order valence-electron chi connectivity index (χ1n) is 12.3. The molecule has 1 aromatic carbocycles. The van der Waals surface area contributed by atoms with Crippen molar-refractivity contribution in [1.82, 2.24) is 31.6 Å². The van der Waals surface area contributed by atoms with E-state index in [-0.39, 0.29) is 30.1 Å². The lowest BCUT2D eigenvalue weighted by atomic mass is 9.73. The molecule has 35 heavy (non-hydrogen) atoms. The summed E-state index contributed by atoms with van der Waals surface area (Å²) >= 11 is 0. The van der Waals surface area contributed by atoms with Crippen LogP contribution in [0, 0.1) is 17.8 Å². The number of nitrogens with zero attached hydrogens (tertiary/aromatic N) is 2. The molecular weight excluding hydrogens is 447 g/mol. The number of benzene rings is 1. The van der Waals surface area contributed by atoms with Gasteiger partial charge in [-0.05, 0) is 55.1 Å². The zero-order chi connectivity index (χ0) is 23.9. The summed E-state index contributed by atoms with van der Waals surface area (Å²) in [5, 5.41) is 3.13. The van der Waals surface area contributed by atoms with Gasteiger partial charge in [-0.2, -0.15) is 9.93 Å². The Bertz CT molecular complexity index is 1170. The Morgan fingerprint density at radius 1 is 1.11 bits per heavy atom. The van der Waals surface area contributed by atoms with Crippen molar-refractivity contribution >= 4 is 11.8 Å². The topological polar surface area (TPSA) is 98.4 Å². The quantitative estimate of drug-likeness (QED) is 0.458. The minimum absolute atomic E-state index is 0.0852. The molecule has 2 aliphatic heterocycles. The molecule has 8 nitrogen and oxygen atoms in total. The molecule has 3 fully saturated rings. The molecule has 9 heteroatoms. The highest BCUT2D eigenvalue weighted by atomic mass is 19.1. The Kier molecular flexibility index (Phi) is 5.64. The number of carbonyl (C=O) groups is 2. The Labute approximate surface area is 203 Å². The van der Waals surface area contributed by atoms with Crippen LogP contribution >= 0.6 is 0 Å². The van der Waals surface area contributed by atoms with Crippen LogP contribution in [0.4, 0.5) is 4.39 Å². The molecule has 1 saturated heterocycles. The highest BCUT2D eigenvalue weighted by Gasteiger charge is 2.52. The molecule has 4 N–H and O–H groups in total. The minimum atomic E-state index is -0.602. The maximum absolute atomic E-state index is 14.8. The van der Waals surface area contributed by atoms with E-state index in [0.29, 0.717) is 23.7 Å². The molecule has 2 saturated carbocycles. The van der Waals surface area contributed by atoms with Gasteiger partial charge in [-0.25, -0.2) is 4.98 Å². The first kappa shape index (κ1) is 22.0. The molecule has 0 spiro atoms. The molecule has 6 rings (SSSR count). The second kappa shape index (κ2) is 8.96. The molecule has 2 aliphatic carbocycles. The number of aromatic nitrogens is 1. The third-order valence-electron chi connectivity index (χ3n) is 7.75. The fourth-order valence-corrected chi connectivity index (χ4v) is 5.58. The fraction of sp³-hybridized carbons (Fsp3) is 0.423. The predicted molar refractivity (Wildman–Crippen MR) is 126 cm³/mol. The van der Waals surface area contributed by atoms with E-state index >= 15 is 0 Å². The summed E-state index contributed by atoms with van der Waals surface area (Å²) in [4.78, 5) is 32.9. The van der Waals surface area contributed by atoms with Crippen LogP contribution in [0.5, 0.6) is 0 Å². The van der Waals surface area contributed by atoms with E-state index in [2.05, 4.69) is 26.7 Å². The van der Waals surface area contributed by atoms with E-state index in [1.165, 1.54) is 0 Å². The summed E-state index contributed by atoms with van der Waals surface area (Å²) < 4.78 is 14.8. The SMILES string of the molecule is O=C(N[C@@H](c1ccccc1)c1ccc(C2CC2)c(F)n1)[C@@H]1[C@H]2CC[C@H]2CN1C(=O)CC1=CNNN1. The molecule has 4 atom stereocenters. The number of nitrogens with one attached hydrogen (secondary N) is 4. The summed E-state index contributed by atoms with van der Waals surface area (Å²) in [7, 11) is 0. The maximum Gasteiger partial charge on any atom is 0.243 e. The van der Waals surface area contributed by atoms with Crippen LogP contribution in [0.15, 0.2) is 54.4 Å². The third-order valence-corrected chi connectivity index (χ3v) is 7.75. The number of likely N-dealkylation sites (tertiary alicyclic amines) is 1. The number of hydrogen-bond acceptors (Lipinski definition) is 6. The molecule has 2 aromatic rings. The predicted octanol–water partition coefficient (Wildman–Crippen LogP) is 2.38. The van der Waals surface area contributed by atoms with Gasteiger partial charge in [0.1, 0.15) is 6.04 Å². The van der Waals surface area contributed by atoms with Crippen molar-refractivity contribution in [2.45, 2.75) is 50.1 Å². The molecule has 2 amide bonds. The lowest BCUT2D eigenvalue weighted by Gasteiger charge is -2.34. The van der Waals surface area contributed by atoms with Crippen molar-refractivity contribution in [3.8, 4) is 0 Å². The highest BCUT2D eigenvalue weighted by molar-refractivity contribution is 5.90. The molecular formula is C26H29FN6O2. The number of hydrazine groups is 2. The van der Waals surface area contributed by atoms with Crippen LogP contribution in [-0.2, 0) is 9.59 Å². The van der Waals surface area contributed by atoms with E-state index in [4.69, 9.17) is 0 Å². The standard InChI is InChI=1S/C26H29FN6O2/c27-25-20(15-6-7-15)10-11-21(29-25)23(16-4-2-1-3-5-16)30-26(35)24-19-9-8-17(19)14-33(24)22(34)12-18-13-28-32-31-18/h1-5,10-11,13,15,17,19,23-24,28,31-32H,6-9,12,14H2,(H,30,35)/t17-,19-,23-,24-/m0/s1. The van der Waals surface area contributed by atoms with Crippen LogP contribution in [0.1, 0.15) is 60.9 Å². The summed E-state index contributed by atoms with van der Waals surface area (Å²) in [5.74, 6) is -0.00381. The van der Waals surface area contributed by atoms with Gasteiger partial charge < -0.3 is 21.1 Å². The normalized spacial score (nSPS) is 25.6. The molecule has 4 aliphatic rings. The molecule has 3 heterocycles. The molecule has 1 aromatic heterocycles. The molecule has 0 bridgehead atoms.